The summed E-state index contributed by atoms with van der Waals surface area (Å²) in [4.78, 5) is 3.92. The van der Waals surface area contributed by atoms with Crippen LogP contribution in [0.15, 0.2) is 66.1 Å². The number of anilines is 1. The Bertz CT molecular complexity index is 1230. The first kappa shape index (κ1) is 22.3. The average Bonchev–Trinajstić information content (AvgIpc) is 3.35. The highest BCUT2D eigenvalue weighted by Gasteiger charge is 2.41. The van der Waals surface area contributed by atoms with Gasteiger partial charge in [0.15, 0.2) is 5.03 Å². The molecule has 1 aromatic heterocycles. The highest BCUT2D eigenvalue weighted by molar-refractivity contribution is 7.89. The van der Waals surface area contributed by atoms with E-state index in [1.807, 2.05) is 0 Å². The van der Waals surface area contributed by atoms with E-state index in [2.05, 4.69) is 10.3 Å². The van der Waals surface area contributed by atoms with E-state index in [0.717, 1.165) is 12.1 Å². The maximum atomic E-state index is 13.9. The molecule has 6 nitrogen and oxygen atoms in total. The van der Waals surface area contributed by atoms with Crippen molar-refractivity contribution in [3.63, 3.8) is 0 Å². The molecule has 2 heterocycles. The second-order valence-electron chi connectivity index (χ2n) is 7.69. The molecule has 0 aliphatic carbocycles. The van der Waals surface area contributed by atoms with Crippen LogP contribution in [0.5, 0.6) is 0 Å². The smallest absolute Gasteiger partial charge is 0.380 e. The molecule has 1 aliphatic rings. The molecule has 0 radical (unpaired) electrons. The van der Waals surface area contributed by atoms with Gasteiger partial charge in [-0.15, -0.1) is 0 Å². The fourth-order valence-electron chi connectivity index (χ4n) is 3.84. The molecule has 170 valence electrons. The van der Waals surface area contributed by atoms with Crippen LogP contribution >= 0.6 is 0 Å². The van der Waals surface area contributed by atoms with Gasteiger partial charge in [-0.25, -0.2) is 17.8 Å². The number of alkyl halides is 3. The zero-order valence-corrected chi connectivity index (χ0v) is 17.7. The summed E-state index contributed by atoms with van der Waals surface area (Å²) in [6.45, 7) is 0.00925. The lowest BCUT2D eigenvalue weighted by atomic mass is 9.94. The van der Waals surface area contributed by atoms with Crippen LogP contribution < -0.4 is 5.32 Å². The fourth-order valence-corrected chi connectivity index (χ4v) is 5.30. The Kier molecular flexibility index (Phi) is 5.72. The maximum Gasteiger partial charge on any atom is 0.416 e. The molecule has 0 unspecified atom stereocenters. The van der Waals surface area contributed by atoms with E-state index < -0.39 is 39.5 Å². The summed E-state index contributed by atoms with van der Waals surface area (Å²) in [6, 6.07) is 9.87. The summed E-state index contributed by atoms with van der Waals surface area (Å²) in [5, 5.41) is 2.90. The topological polar surface area (TPSA) is 67.2 Å². The molecule has 1 aliphatic heterocycles. The minimum absolute atomic E-state index is 0.0175. The van der Waals surface area contributed by atoms with Gasteiger partial charge in [-0.2, -0.15) is 17.5 Å². The highest BCUT2D eigenvalue weighted by atomic mass is 32.2. The Morgan fingerprint density at radius 2 is 1.84 bits per heavy atom. The van der Waals surface area contributed by atoms with Gasteiger partial charge in [0.05, 0.1) is 11.9 Å². The van der Waals surface area contributed by atoms with Gasteiger partial charge < -0.3 is 9.88 Å². The van der Waals surface area contributed by atoms with Crippen molar-refractivity contribution in [2.24, 2.45) is 7.05 Å². The first-order chi connectivity index (χ1) is 15.0. The lowest BCUT2D eigenvalue weighted by Crippen LogP contribution is -2.32. The molecule has 1 N–H and O–H groups in total. The van der Waals surface area contributed by atoms with Crippen molar-refractivity contribution >= 4 is 15.7 Å². The van der Waals surface area contributed by atoms with E-state index in [-0.39, 0.29) is 23.8 Å². The number of halogens is 4. The molecule has 32 heavy (non-hydrogen) atoms. The van der Waals surface area contributed by atoms with Gasteiger partial charge in [0.25, 0.3) is 10.0 Å². The number of benzene rings is 2. The minimum atomic E-state index is -4.51. The van der Waals surface area contributed by atoms with Crippen molar-refractivity contribution in [3.8, 4) is 0 Å². The quantitative estimate of drug-likeness (QED) is 0.578. The summed E-state index contributed by atoms with van der Waals surface area (Å²) < 4.78 is 82.1. The van der Waals surface area contributed by atoms with Crippen LogP contribution in [0.1, 0.15) is 17.0 Å². The third kappa shape index (κ3) is 4.49. The Labute approximate surface area is 182 Å². The average molecular weight is 468 g/mol. The first-order valence-electron chi connectivity index (χ1n) is 9.71. The van der Waals surface area contributed by atoms with Gasteiger partial charge in [-0.1, -0.05) is 18.2 Å². The molecular weight excluding hydrogens is 448 g/mol. The summed E-state index contributed by atoms with van der Waals surface area (Å²) in [5.41, 5.74) is -0.0720. The van der Waals surface area contributed by atoms with Crippen LogP contribution in [0.4, 0.5) is 23.2 Å². The van der Waals surface area contributed by atoms with Crippen molar-refractivity contribution in [1.29, 1.82) is 0 Å². The number of nitrogens with zero attached hydrogens (tertiary/aromatic N) is 3. The van der Waals surface area contributed by atoms with Gasteiger partial charge in [0.1, 0.15) is 5.82 Å². The molecule has 0 bridgehead atoms. The molecule has 0 spiro atoms. The van der Waals surface area contributed by atoms with Crippen molar-refractivity contribution in [1.82, 2.24) is 13.9 Å². The third-order valence-electron chi connectivity index (χ3n) is 5.39. The Morgan fingerprint density at radius 3 is 2.50 bits per heavy atom. The molecule has 1 fully saturated rings. The molecule has 0 saturated carbocycles. The van der Waals surface area contributed by atoms with E-state index in [1.165, 1.54) is 51.7 Å². The van der Waals surface area contributed by atoms with Gasteiger partial charge in [-0.05, 0) is 35.9 Å². The van der Waals surface area contributed by atoms with Crippen LogP contribution in [0.2, 0.25) is 0 Å². The molecule has 2 atom stereocenters. The summed E-state index contributed by atoms with van der Waals surface area (Å²) >= 11 is 0. The van der Waals surface area contributed by atoms with Crippen LogP contribution in [-0.2, 0) is 23.2 Å². The number of rotatable bonds is 5. The second kappa shape index (κ2) is 8.21. The zero-order chi connectivity index (χ0) is 23.1. The van der Waals surface area contributed by atoms with Crippen LogP contribution in [0.3, 0.4) is 0 Å². The molecule has 0 amide bonds. The number of nitrogens with one attached hydrogen (secondary N) is 1. The van der Waals surface area contributed by atoms with Crippen molar-refractivity contribution in [2.75, 3.05) is 18.4 Å². The summed E-state index contributed by atoms with van der Waals surface area (Å²) in [7, 11) is -2.30. The lowest BCUT2D eigenvalue weighted by Gasteiger charge is -2.22. The second-order valence-corrected chi connectivity index (χ2v) is 9.58. The fraction of sp³-hybridized carbons (Fsp3) is 0.286. The van der Waals surface area contributed by atoms with Crippen LogP contribution in [0.25, 0.3) is 0 Å². The van der Waals surface area contributed by atoms with E-state index in [9.17, 15) is 26.0 Å². The molecule has 3 aromatic rings. The highest BCUT2D eigenvalue weighted by Crippen LogP contribution is 2.35. The van der Waals surface area contributed by atoms with Crippen molar-refractivity contribution < 1.29 is 26.0 Å². The number of imidazole rings is 1. The van der Waals surface area contributed by atoms with E-state index in [0.29, 0.717) is 5.56 Å². The van der Waals surface area contributed by atoms with Crippen LogP contribution in [-0.4, -0.2) is 41.4 Å². The number of hydrogen-bond acceptors (Lipinski definition) is 4. The standard InChI is InChI=1S/C21H20F4N4O2S/c1-28-12-20(26-13-28)32(30,31)29-10-18(14-4-2-6-16(22)8-14)19(11-29)27-17-7-3-5-15(9-17)21(23,24)25/h2-9,12-13,18-19,27H,10-11H2,1H3/t18-,19+/m1/s1. The predicted octanol–water partition coefficient (Wildman–Crippen LogP) is 3.85. The van der Waals surface area contributed by atoms with Gasteiger partial charge >= 0.3 is 6.18 Å². The van der Waals surface area contributed by atoms with Gasteiger partial charge in [0.2, 0.25) is 0 Å². The summed E-state index contributed by atoms with van der Waals surface area (Å²) in [6.07, 6.45) is -1.77. The lowest BCUT2D eigenvalue weighted by molar-refractivity contribution is -0.137. The molecule has 11 heteroatoms. The maximum absolute atomic E-state index is 13.9. The number of aromatic nitrogens is 2. The van der Waals surface area contributed by atoms with E-state index in [1.54, 1.807) is 13.1 Å². The molecule has 1 saturated heterocycles. The Hall–Kier alpha value is -2.92. The number of sulfonamides is 1. The van der Waals surface area contributed by atoms with Gasteiger partial charge in [-0.3, -0.25) is 0 Å². The van der Waals surface area contributed by atoms with E-state index >= 15 is 0 Å². The Morgan fingerprint density at radius 1 is 1.09 bits per heavy atom. The third-order valence-corrected chi connectivity index (χ3v) is 7.11. The first-order valence-corrected chi connectivity index (χ1v) is 11.2. The largest absolute Gasteiger partial charge is 0.416 e. The number of aryl methyl sites for hydroxylation is 1. The minimum Gasteiger partial charge on any atom is -0.380 e. The normalized spacial score (nSPS) is 19.9. The molecule has 2 aromatic carbocycles. The van der Waals surface area contributed by atoms with Crippen molar-refractivity contribution in [2.45, 2.75) is 23.2 Å². The summed E-state index contributed by atoms with van der Waals surface area (Å²) in [5.74, 6) is -0.968. The monoisotopic (exact) mass is 468 g/mol. The van der Waals surface area contributed by atoms with Crippen molar-refractivity contribution in [3.05, 3.63) is 78.0 Å². The Balaban J connectivity index is 1.67. The molecular formula is C21H20F4N4O2S. The SMILES string of the molecule is Cn1cnc(S(=O)(=O)N2C[C@H](Nc3cccc(C(F)(F)F)c3)[C@@H](c3cccc(F)c3)C2)c1. The van der Waals surface area contributed by atoms with E-state index in [4.69, 9.17) is 0 Å². The number of hydrogen-bond donors (Lipinski definition) is 1. The van der Waals surface area contributed by atoms with Gasteiger partial charge in [0, 0.05) is 44.0 Å². The molecule has 4 rings (SSSR count). The predicted molar refractivity (Wildman–Crippen MR) is 110 cm³/mol. The zero-order valence-electron chi connectivity index (χ0n) is 16.9. The van der Waals surface area contributed by atoms with Crippen LogP contribution in [0, 0.1) is 5.82 Å².